The van der Waals surface area contributed by atoms with E-state index in [9.17, 15) is 9.90 Å². The van der Waals surface area contributed by atoms with Crippen LogP contribution < -0.4 is 4.74 Å². The van der Waals surface area contributed by atoms with Gasteiger partial charge in [-0.25, -0.2) is 0 Å². The molecule has 0 spiro atoms. The van der Waals surface area contributed by atoms with Gasteiger partial charge in [-0.05, 0) is 29.3 Å². The van der Waals surface area contributed by atoms with Gasteiger partial charge in [0.2, 0.25) is 5.91 Å². The second-order valence-electron chi connectivity index (χ2n) is 7.33. The van der Waals surface area contributed by atoms with Crippen LogP contribution in [0.25, 0.3) is 0 Å². The van der Waals surface area contributed by atoms with E-state index < -0.39 is 6.10 Å². The highest BCUT2D eigenvalue weighted by Gasteiger charge is 2.24. The van der Waals surface area contributed by atoms with Crippen molar-refractivity contribution in [1.82, 2.24) is 14.7 Å². The fourth-order valence-corrected chi connectivity index (χ4v) is 3.68. The fraction of sp³-hybridized carbons (Fsp3) is 0.304. The molecule has 1 atom stereocenters. The fourth-order valence-electron chi connectivity index (χ4n) is 3.68. The molecular weight excluding hydrogens is 366 g/mol. The molecule has 0 unspecified atom stereocenters. The first kappa shape index (κ1) is 19.2. The number of amides is 1. The number of carbonyl (C=O) groups excluding carboxylic acids is 1. The van der Waals surface area contributed by atoms with Gasteiger partial charge in [0.15, 0.2) is 0 Å². The minimum Gasteiger partial charge on any atom is -0.497 e. The Balaban J connectivity index is 1.41. The molecular formula is C23H25N3O3. The number of aromatic nitrogens is 2. The van der Waals surface area contributed by atoms with Crippen LogP contribution in [0.5, 0.6) is 5.75 Å². The summed E-state index contributed by atoms with van der Waals surface area (Å²) in [5.74, 6) is 0.834. The lowest BCUT2D eigenvalue weighted by Crippen LogP contribution is -2.39. The smallest absolute Gasteiger partial charge is 0.227 e. The SMILES string of the molecule is COc1cccc(CC(=O)N2CCn3nc([C@H](O)Cc4ccccc4)cc3C2)c1. The van der Waals surface area contributed by atoms with Crippen LogP contribution in [0.3, 0.4) is 0 Å². The van der Waals surface area contributed by atoms with Gasteiger partial charge in [0.05, 0.1) is 38.0 Å². The molecule has 1 N–H and O–H groups in total. The van der Waals surface area contributed by atoms with Crippen LogP contribution >= 0.6 is 0 Å². The Morgan fingerprint density at radius 1 is 1.10 bits per heavy atom. The maximum Gasteiger partial charge on any atom is 0.227 e. The summed E-state index contributed by atoms with van der Waals surface area (Å²) in [6.07, 6.45) is 0.210. The number of ether oxygens (including phenoxy) is 1. The molecule has 2 aromatic carbocycles. The molecule has 1 aliphatic rings. The Kier molecular flexibility index (Phi) is 5.62. The Hall–Kier alpha value is -3.12. The van der Waals surface area contributed by atoms with Gasteiger partial charge in [-0.1, -0.05) is 42.5 Å². The van der Waals surface area contributed by atoms with E-state index >= 15 is 0 Å². The second kappa shape index (κ2) is 8.49. The van der Waals surface area contributed by atoms with E-state index in [1.807, 2.05) is 70.2 Å². The van der Waals surface area contributed by atoms with Gasteiger partial charge in [-0.15, -0.1) is 0 Å². The Labute approximate surface area is 170 Å². The number of fused-ring (bicyclic) bond motifs is 1. The Bertz CT molecular complexity index is 984. The van der Waals surface area contributed by atoms with Crippen LogP contribution in [0, 0.1) is 0 Å². The van der Waals surface area contributed by atoms with E-state index in [4.69, 9.17) is 4.74 Å². The van der Waals surface area contributed by atoms with Gasteiger partial charge >= 0.3 is 0 Å². The number of aliphatic hydroxyl groups excluding tert-OH is 1. The first-order valence-electron chi connectivity index (χ1n) is 9.81. The number of hydrogen-bond acceptors (Lipinski definition) is 4. The average molecular weight is 391 g/mol. The average Bonchev–Trinajstić information content (AvgIpc) is 3.18. The molecule has 3 aromatic rings. The number of nitrogens with zero attached hydrogens (tertiary/aromatic N) is 3. The number of aliphatic hydroxyl groups is 1. The standard InChI is InChI=1S/C23H25N3O3/c1-29-20-9-5-8-18(12-20)14-23(28)25-10-11-26-19(16-25)15-21(24-26)22(27)13-17-6-3-2-4-7-17/h2-9,12,15,22,27H,10-11,13-14,16H2,1H3/t22-/m1/s1. The van der Waals surface area contributed by atoms with Crippen molar-refractivity contribution in [2.24, 2.45) is 0 Å². The number of carbonyl (C=O) groups is 1. The minimum absolute atomic E-state index is 0.0806. The highest BCUT2D eigenvalue weighted by Crippen LogP contribution is 2.22. The minimum atomic E-state index is -0.656. The van der Waals surface area contributed by atoms with Crippen LogP contribution in [-0.2, 0) is 30.7 Å². The zero-order chi connectivity index (χ0) is 20.2. The van der Waals surface area contributed by atoms with E-state index in [0.717, 1.165) is 22.6 Å². The zero-order valence-corrected chi connectivity index (χ0v) is 16.5. The zero-order valence-electron chi connectivity index (χ0n) is 16.5. The molecule has 1 aliphatic heterocycles. The van der Waals surface area contributed by atoms with E-state index in [-0.39, 0.29) is 5.91 Å². The summed E-state index contributed by atoms with van der Waals surface area (Å²) in [6.45, 7) is 1.76. The maximum absolute atomic E-state index is 12.8. The van der Waals surface area contributed by atoms with Gasteiger partial charge in [0.1, 0.15) is 11.9 Å². The molecule has 0 saturated carbocycles. The van der Waals surface area contributed by atoms with Crippen molar-refractivity contribution in [3.63, 3.8) is 0 Å². The van der Waals surface area contributed by atoms with Crippen LogP contribution in [0.1, 0.15) is 28.6 Å². The molecule has 150 valence electrons. The summed E-state index contributed by atoms with van der Waals surface area (Å²) in [5.41, 5.74) is 3.62. The van der Waals surface area contributed by atoms with Crippen molar-refractivity contribution in [3.05, 3.63) is 83.2 Å². The van der Waals surface area contributed by atoms with Crippen LogP contribution in [0.4, 0.5) is 0 Å². The summed E-state index contributed by atoms with van der Waals surface area (Å²) >= 11 is 0. The van der Waals surface area contributed by atoms with E-state index in [1.54, 1.807) is 7.11 Å². The summed E-state index contributed by atoms with van der Waals surface area (Å²) in [5, 5.41) is 15.1. The highest BCUT2D eigenvalue weighted by molar-refractivity contribution is 5.79. The van der Waals surface area contributed by atoms with E-state index in [0.29, 0.717) is 38.2 Å². The third-order valence-corrected chi connectivity index (χ3v) is 5.27. The summed E-state index contributed by atoms with van der Waals surface area (Å²) in [6, 6.07) is 19.4. The monoisotopic (exact) mass is 391 g/mol. The molecule has 1 amide bonds. The molecule has 0 saturated heterocycles. The van der Waals surface area contributed by atoms with Crippen molar-refractivity contribution < 1.29 is 14.6 Å². The number of rotatable bonds is 6. The van der Waals surface area contributed by atoms with Crippen molar-refractivity contribution in [2.45, 2.75) is 32.0 Å². The molecule has 29 heavy (non-hydrogen) atoms. The number of hydrogen-bond donors (Lipinski definition) is 1. The van der Waals surface area contributed by atoms with Crippen LogP contribution in [0.15, 0.2) is 60.7 Å². The molecule has 0 radical (unpaired) electrons. The van der Waals surface area contributed by atoms with Gasteiger partial charge in [0.25, 0.3) is 0 Å². The predicted molar refractivity (Wildman–Crippen MR) is 109 cm³/mol. The number of benzene rings is 2. The topological polar surface area (TPSA) is 67.6 Å². The lowest BCUT2D eigenvalue weighted by Gasteiger charge is -2.27. The lowest BCUT2D eigenvalue weighted by molar-refractivity contribution is -0.132. The molecule has 1 aromatic heterocycles. The lowest BCUT2D eigenvalue weighted by atomic mass is 10.1. The molecule has 4 rings (SSSR count). The maximum atomic E-state index is 12.8. The third kappa shape index (κ3) is 4.49. The Morgan fingerprint density at radius 3 is 2.69 bits per heavy atom. The van der Waals surface area contributed by atoms with Crippen molar-refractivity contribution >= 4 is 5.91 Å². The van der Waals surface area contributed by atoms with E-state index in [1.165, 1.54) is 0 Å². The van der Waals surface area contributed by atoms with Gasteiger partial charge in [-0.2, -0.15) is 5.10 Å². The highest BCUT2D eigenvalue weighted by atomic mass is 16.5. The normalized spacial score (nSPS) is 14.3. The molecule has 0 bridgehead atoms. The Morgan fingerprint density at radius 2 is 1.90 bits per heavy atom. The van der Waals surface area contributed by atoms with E-state index in [2.05, 4.69) is 5.10 Å². The van der Waals surface area contributed by atoms with Gasteiger partial charge in [-0.3, -0.25) is 9.48 Å². The molecule has 0 fully saturated rings. The van der Waals surface area contributed by atoms with Crippen molar-refractivity contribution in [1.29, 1.82) is 0 Å². The van der Waals surface area contributed by atoms with Crippen molar-refractivity contribution in [3.8, 4) is 5.75 Å². The number of methoxy groups -OCH3 is 1. The van der Waals surface area contributed by atoms with Gasteiger partial charge in [0, 0.05) is 13.0 Å². The summed E-state index contributed by atoms with van der Waals surface area (Å²) in [7, 11) is 1.62. The second-order valence-corrected chi connectivity index (χ2v) is 7.33. The predicted octanol–water partition coefficient (Wildman–Crippen LogP) is 2.75. The summed E-state index contributed by atoms with van der Waals surface area (Å²) in [4.78, 5) is 14.6. The largest absolute Gasteiger partial charge is 0.497 e. The molecule has 6 heteroatoms. The molecule has 6 nitrogen and oxygen atoms in total. The summed E-state index contributed by atoms with van der Waals surface area (Å²) < 4.78 is 7.14. The first-order chi connectivity index (χ1) is 14.1. The molecule has 0 aliphatic carbocycles. The first-order valence-corrected chi connectivity index (χ1v) is 9.81. The molecule has 2 heterocycles. The van der Waals surface area contributed by atoms with Crippen LogP contribution in [0.2, 0.25) is 0 Å². The third-order valence-electron chi connectivity index (χ3n) is 5.27. The van der Waals surface area contributed by atoms with Crippen molar-refractivity contribution in [2.75, 3.05) is 13.7 Å². The quantitative estimate of drug-likeness (QED) is 0.702. The van der Waals surface area contributed by atoms with Crippen LogP contribution in [-0.4, -0.2) is 39.3 Å². The van der Waals surface area contributed by atoms with Gasteiger partial charge < -0.3 is 14.7 Å².